The van der Waals surface area contributed by atoms with Crippen LogP contribution in [-0.4, -0.2) is 29.7 Å². The molecule has 3 rings (SSSR count). The Bertz CT molecular complexity index is 1100. The molecule has 1 unspecified atom stereocenters. The highest BCUT2D eigenvalue weighted by Gasteiger charge is 2.24. The molecular weight excluding hydrogens is 414 g/mol. The molecule has 0 saturated heterocycles. The minimum absolute atomic E-state index is 0.0830. The van der Waals surface area contributed by atoms with E-state index in [1.54, 1.807) is 42.0 Å². The number of halogens is 1. The van der Waals surface area contributed by atoms with Gasteiger partial charge in [0, 0.05) is 21.7 Å². The quantitative estimate of drug-likeness (QED) is 0.433. The first kappa shape index (κ1) is 22.9. The van der Waals surface area contributed by atoms with Crippen LogP contribution in [0.2, 0.25) is 5.02 Å². The Balaban J connectivity index is 2.06. The van der Waals surface area contributed by atoms with Crippen molar-refractivity contribution in [3.63, 3.8) is 0 Å². The van der Waals surface area contributed by atoms with Gasteiger partial charge in [-0.2, -0.15) is 0 Å². The lowest BCUT2D eigenvalue weighted by Gasteiger charge is -2.19. The van der Waals surface area contributed by atoms with Crippen LogP contribution < -0.4 is 4.74 Å². The summed E-state index contributed by atoms with van der Waals surface area (Å²) < 4.78 is 12.7. The molecule has 5 nitrogen and oxygen atoms in total. The van der Waals surface area contributed by atoms with Gasteiger partial charge in [0.2, 0.25) is 0 Å². The number of methoxy groups -OCH3 is 1. The molecule has 0 amide bonds. The summed E-state index contributed by atoms with van der Waals surface area (Å²) in [5, 5.41) is 1.36. The van der Waals surface area contributed by atoms with Gasteiger partial charge in [-0.15, -0.1) is 0 Å². The van der Waals surface area contributed by atoms with E-state index in [-0.39, 0.29) is 30.3 Å². The molecule has 0 bridgehead atoms. The third kappa shape index (κ3) is 4.77. The second kappa shape index (κ2) is 9.56. The van der Waals surface area contributed by atoms with Crippen molar-refractivity contribution in [2.45, 2.75) is 46.6 Å². The summed E-state index contributed by atoms with van der Waals surface area (Å²) in [6, 6.07) is 12.3. The molecule has 0 aliphatic heterocycles. The summed E-state index contributed by atoms with van der Waals surface area (Å²) in [6.07, 6.45) is 0.707. The first-order valence-corrected chi connectivity index (χ1v) is 10.8. The van der Waals surface area contributed by atoms with Crippen LogP contribution in [0.4, 0.5) is 0 Å². The van der Waals surface area contributed by atoms with Gasteiger partial charge in [0.15, 0.2) is 0 Å². The van der Waals surface area contributed by atoms with Crippen molar-refractivity contribution in [2.75, 3.05) is 7.11 Å². The number of hydrogen-bond acceptors (Lipinski definition) is 4. The molecule has 3 aromatic rings. The van der Waals surface area contributed by atoms with E-state index >= 15 is 0 Å². The summed E-state index contributed by atoms with van der Waals surface area (Å²) in [6.45, 7) is 7.93. The average molecular weight is 442 g/mol. The monoisotopic (exact) mass is 441 g/mol. The standard InChI is InChI=1S/C25H28ClNO4/c1-6-23(15(2)3)31-24(28)14-20-16(4)27(22-12-11-19(30-5)13-21(20)22)25(29)17-7-9-18(26)10-8-17/h7-13,15,23H,6,14H2,1-5H3. The summed E-state index contributed by atoms with van der Waals surface area (Å²) in [4.78, 5) is 26.1. The number of nitrogens with zero attached hydrogens (tertiary/aromatic N) is 1. The van der Waals surface area contributed by atoms with Gasteiger partial charge in [0.05, 0.1) is 19.0 Å². The highest BCUT2D eigenvalue weighted by atomic mass is 35.5. The van der Waals surface area contributed by atoms with Crippen LogP contribution in [0.15, 0.2) is 42.5 Å². The minimum Gasteiger partial charge on any atom is -0.497 e. The molecule has 0 spiro atoms. The first-order chi connectivity index (χ1) is 14.8. The molecule has 164 valence electrons. The lowest BCUT2D eigenvalue weighted by molar-refractivity contribution is -0.150. The van der Waals surface area contributed by atoms with E-state index in [9.17, 15) is 9.59 Å². The Morgan fingerprint density at radius 1 is 1.10 bits per heavy atom. The summed E-state index contributed by atoms with van der Waals surface area (Å²) in [7, 11) is 1.59. The van der Waals surface area contributed by atoms with Gasteiger partial charge in [-0.05, 0) is 67.3 Å². The van der Waals surface area contributed by atoms with Crippen molar-refractivity contribution in [1.82, 2.24) is 4.57 Å². The van der Waals surface area contributed by atoms with Crippen molar-refractivity contribution in [3.8, 4) is 5.75 Å². The van der Waals surface area contributed by atoms with Crippen LogP contribution in [0.3, 0.4) is 0 Å². The Morgan fingerprint density at radius 2 is 1.77 bits per heavy atom. The zero-order valence-electron chi connectivity index (χ0n) is 18.6. The number of hydrogen-bond donors (Lipinski definition) is 0. The Labute approximate surface area is 187 Å². The molecule has 0 saturated carbocycles. The fourth-order valence-electron chi connectivity index (χ4n) is 3.84. The predicted molar refractivity (Wildman–Crippen MR) is 123 cm³/mol. The topological polar surface area (TPSA) is 57.5 Å². The largest absolute Gasteiger partial charge is 0.497 e. The molecular formula is C25H28ClNO4. The van der Waals surface area contributed by atoms with E-state index in [1.807, 2.05) is 39.8 Å². The SMILES string of the molecule is CCC(OC(=O)Cc1c(C)n(C(=O)c2ccc(Cl)cc2)c2ccc(OC)cc12)C(C)C. The highest BCUT2D eigenvalue weighted by Crippen LogP contribution is 2.31. The number of esters is 1. The van der Waals surface area contributed by atoms with E-state index in [0.717, 1.165) is 22.9 Å². The van der Waals surface area contributed by atoms with Gasteiger partial charge < -0.3 is 9.47 Å². The Hall–Kier alpha value is -2.79. The number of carbonyl (C=O) groups excluding carboxylic acids is 2. The van der Waals surface area contributed by atoms with Gasteiger partial charge in [-0.25, -0.2) is 0 Å². The molecule has 1 atom stereocenters. The van der Waals surface area contributed by atoms with Crippen molar-refractivity contribution < 1.29 is 19.1 Å². The third-order valence-corrected chi connectivity index (χ3v) is 5.84. The van der Waals surface area contributed by atoms with Crippen LogP contribution in [-0.2, 0) is 16.0 Å². The summed E-state index contributed by atoms with van der Waals surface area (Å²) >= 11 is 5.98. The number of rotatable bonds is 7. The van der Waals surface area contributed by atoms with Gasteiger partial charge in [-0.1, -0.05) is 32.4 Å². The van der Waals surface area contributed by atoms with E-state index in [0.29, 0.717) is 22.0 Å². The van der Waals surface area contributed by atoms with Crippen molar-refractivity contribution in [1.29, 1.82) is 0 Å². The van der Waals surface area contributed by atoms with Crippen molar-refractivity contribution >= 4 is 34.4 Å². The smallest absolute Gasteiger partial charge is 0.310 e. The van der Waals surface area contributed by atoms with E-state index in [4.69, 9.17) is 21.1 Å². The van der Waals surface area contributed by atoms with Gasteiger partial charge in [0.25, 0.3) is 5.91 Å². The molecule has 31 heavy (non-hydrogen) atoms. The van der Waals surface area contributed by atoms with Gasteiger partial charge >= 0.3 is 5.97 Å². The fourth-order valence-corrected chi connectivity index (χ4v) is 3.97. The zero-order valence-corrected chi connectivity index (χ0v) is 19.3. The van der Waals surface area contributed by atoms with Gasteiger partial charge in [0.1, 0.15) is 11.9 Å². The number of fused-ring (bicyclic) bond motifs is 1. The maximum Gasteiger partial charge on any atom is 0.310 e. The van der Waals surface area contributed by atoms with Crippen LogP contribution in [0.5, 0.6) is 5.75 Å². The number of aromatic nitrogens is 1. The minimum atomic E-state index is -0.301. The van der Waals surface area contributed by atoms with Crippen molar-refractivity contribution in [3.05, 3.63) is 64.3 Å². The summed E-state index contributed by atoms with van der Waals surface area (Å²) in [5.74, 6) is 0.414. The molecule has 2 aromatic carbocycles. The average Bonchev–Trinajstić information content (AvgIpc) is 3.02. The molecule has 0 radical (unpaired) electrons. The fraction of sp³-hybridized carbons (Fsp3) is 0.360. The van der Waals surface area contributed by atoms with Gasteiger partial charge in [-0.3, -0.25) is 14.2 Å². The normalized spacial score (nSPS) is 12.2. The van der Waals surface area contributed by atoms with E-state index < -0.39 is 0 Å². The molecule has 0 aliphatic rings. The zero-order chi connectivity index (χ0) is 22.7. The van der Waals surface area contributed by atoms with E-state index in [2.05, 4.69) is 0 Å². The molecule has 0 aliphatic carbocycles. The molecule has 1 aromatic heterocycles. The second-order valence-electron chi connectivity index (χ2n) is 7.95. The van der Waals surface area contributed by atoms with E-state index in [1.165, 1.54) is 0 Å². The third-order valence-electron chi connectivity index (χ3n) is 5.59. The van der Waals surface area contributed by atoms with Crippen molar-refractivity contribution in [2.24, 2.45) is 5.92 Å². The maximum atomic E-state index is 13.3. The number of carbonyl (C=O) groups is 2. The van der Waals surface area contributed by atoms with Crippen LogP contribution >= 0.6 is 11.6 Å². The molecule has 0 fully saturated rings. The predicted octanol–water partition coefficient (Wildman–Crippen LogP) is 5.82. The van der Waals surface area contributed by atoms with Crippen LogP contribution in [0.1, 0.15) is 48.8 Å². The summed E-state index contributed by atoms with van der Waals surface area (Å²) in [5.41, 5.74) is 2.70. The Morgan fingerprint density at radius 3 is 2.35 bits per heavy atom. The lowest BCUT2D eigenvalue weighted by atomic mass is 10.0. The molecule has 0 N–H and O–H groups in total. The highest BCUT2D eigenvalue weighted by molar-refractivity contribution is 6.30. The number of ether oxygens (including phenoxy) is 2. The number of benzene rings is 2. The Kier molecular flexibility index (Phi) is 7.06. The van der Waals surface area contributed by atoms with Crippen LogP contribution in [0, 0.1) is 12.8 Å². The second-order valence-corrected chi connectivity index (χ2v) is 8.39. The first-order valence-electron chi connectivity index (χ1n) is 10.4. The molecule has 6 heteroatoms. The van der Waals surface area contributed by atoms with Crippen LogP contribution in [0.25, 0.3) is 10.9 Å². The lowest BCUT2D eigenvalue weighted by Crippen LogP contribution is -2.24. The maximum absolute atomic E-state index is 13.3. The molecule has 1 heterocycles.